The van der Waals surface area contributed by atoms with Crippen LogP contribution in [0.25, 0.3) is 0 Å². The summed E-state index contributed by atoms with van der Waals surface area (Å²) in [6, 6.07) is 19.2. The molecule has 8 nitrogen and oxygen atoms in total. The van der Waals surface area contributed by atoms with Crippen molar-refractivity contribution < 1.29 is 19.1 Å². The van der Waals surface area contributed by atoms with Crippen LogP contribution in [-0.2, 0) is 20.9 Å². The van der Waals surface area contributed by atoms with Crippen molar-refractivity contribution in [2.75, 3.05) is 17.3 Å². The molecule has 6 rings (SSSR count). The molecule has 0 aliphatic carbocycles. The lowest BCUT2D eigenvalue weighted by molar-refractivity contribution is -0.122. The van der Waals surface area contributed by atoms with Crippen LogP contribution in [0, 0.1) is 12.8 Å². The summed E-state index contributed by atoms with van der Waals surface area (Å²) in [7, 11) is 1.56. The molecular formula is C30H23Cl2N3O5S2. The standard InChI is InChI=1S/C30H23Cl2N3O5S2/c1-15-3-8-18(9-4-15)35-27(37)24-23(16-5-10-19(40-2)11-6-16)26-29(41-25(24)28(35)38)34(30(39)42-26)14-22(36)33-17-7-12-20(31)21(32)13-17/h3-13,23-25H,14H2,1-2H3,(H,33,36). The summed E-state index contributed by atoms with van der Waals surface area (Å²) >= 11 is 14.2. The largest absolute Gasteiger partial charge is 0.497 e. The van der Waals surface area contributed by atoms with Crippen molar-refractivity contribution >= 4 is 75.4 Å². The van der Waals surface area contributed by atoms with Gasteiger partial charge in [0.1, 0.15) is 17.5 Å². The van der Waals surface area contributed by atoms with Gasteiger partial charge in [0.25, 0.3) is 0 Å². The van der Waals surface area contributed by atoms with Crippen LogP contribution in [0.15, 0.2) is 76.6 Å². The lowest BCUT2D eigenvalue weighted by atomic mass is 9.83. The van der Waals surface area contributed by atoms with Crippen LogP contribution in [0.3, 0.4) is 0 Å². The van der Waals surface area contributed by atoms with Gasteiger partial charge >= 0.3 is 4.87 Å². The van der Waals surface area contributed by atoms with E-state index in [1.165, 1.54) is 27.3 Å². The zero-order valence-electron chi connectivity index (χ0n) is 22.3. The van der Waals surface area contributed by atoms with Gasteiger partial charge in [-0.15, -0.1) is 0 Å². The molecule has 3 atom stereocenters. The Labute approximate surface area is 259 Å². The molecule has 214 valence electrons. The van der Waals surface area contributed by atoms with Gasteiger partial charge < -0.3 is 10.1 Å². The molecule has 3 amide bonds. The Morgan fingerprint density at radius 2 is 1.67 bits per heavy atom. The second-order valence-corrected chi connectivity index (χ2v) is 12.9. The van der Waals surface area contributed by atoms with Crippen LogP contribution in [0.2, 0.25) is 10.0 Å². The monoisotopic (exact) mass is 639 g/mol. The van der Waals surface area contributed by atoms with E-state index >= 15 is 0 Å². The van der Waals surface area contributed by atoms with Crippen LogP contribution in [-0.4, -0.2) is 34.6 Å². The summed E-state index contributed by atoms with van der Waals surface area (Å²) < 4.78 is 6.69. The van der Waals surface area contributed by atoms with Gasteiger partial charge in [-0.05, 0) is 55.0 Å². The first-order chi connectivity index (χ1) is 20.2. The Balaban J connectivity index is 1.40. The van der Waals surface area contributed by atoms with E-state index in [9.17, 15) is 19.2 Å². The molecule has 1 N–H and O–H groups in total. The van der Waals surface area contributed by atoms with Gasteiger partial charge in [0.2, 0.25) is 17.7 Å². The first kappa shape index (κ1) is 28.5. The third-order valence-electron chi connectivity index (χ3n) is 7.32. The second-order valence-electron chi connectivity index (χ2n) is 9.96. The third-order valence-corrected chi connectivity index (χ3v) is 10.7. The van der Waals surface area contributed by atoms with Crippen molar-refractivity contribution in [3.63, 3.8) is 0 Å². The number of fused-ring (bicyclic) bond motifs is 2. The molecule has 0 saturated carbocycles. The molecule has 0 spiro atoms. The smallest absolute Gasteiger partial charge is 0.308 e. The molecular weight excluding hydrogens is 617 g/mol. The summed E-state index contributed by atoms with van der Waals surface area (Å²) in [5.41, 5.74) is 2.71. The van der Waals surface area contributed by atoms with E-state index in [4.69, 9.17) is 27.9 Å². The van der Waals surface area contributed by atoms with Gasteiger partial charge in [0.15, 0.2) is 0 Å². The van der Waals surface area contributed by atoms with Crippen molar-refractivity contribution in [2.45, 2.75) is 29.7 Å². The minimum Gasteiger partial charge on any atom is -0.497 e. The number of thiazole rings is 1. The van der Waals surface area contributed by atoms with Crippen molar-refractivity contribution in [3.8, 4) is 5.75 Å². The van der Waals surface area contributed by atoms with Crippen molar-refractivity contribution in [2.24, 2.45) is 5.92 Å². The minimum absolute atomic E-state index is 0.283. The van der Waals surface area contributed by atoms with E-state index in [1.54, 1.807) is 43.5 Å². The molecule has 1 saturated heterocycles. The molecule has 2 aliphatic heterocycles. The maximum Gasteiger partial charge on any atom is 0.308 e. The molecule has 0 bridgehead atoms. The Bertz CT molecular complexity index is 1790. The highest BCUT2D eigenvalue weighted by atomic mass is 35.5. The molecule has 2 aliphatic rings. The van der Waals surface area contributed by atoms with Crippen LogP contribution in [0.1, 0.15) is 21.9 Å². The SMILES string of the molecule is COc1ccc(C2c3sc(=O)n(CC(=O)Nc4ccc(Cl)c(Cl)c4)c3SC3C(=O)N(c4ccc(C)cc4)C(=O)C32)cc1. The second kappa shape index (κ2) is 11.3. The van der Waals surface area contributed by atoms with E-state index in [1.807, 2.05) is 31.2 Å². The zero-order chi connectivity index (χ0) is 29.7. The maximum absolute atomic E-state index is 14.0. The Kier molecular flexibility index (Phi) is 7.65. The summed E-state index contributed by atoms with van der Waals surface area (Å²) in [4.78, 5) is 55.7. The first-order valence-electron chi connectivity index (χ1n) is 12.9. The quantitative estimate of drug-likeness (QED) is 0.261. The lowest BCUT2D eigenvalue weighted by Gasteiger charge is -2.30. The van der Waals surface area contributed by atoms with Crippen LogP contribution in [0.5, 0.6) is 5.75 Å². The van der Waals surface area contributed by atoms with Crippen molar-refractivity contribution in [3.05, 3.63) is 102 Å². The number of carbonyl (C=O) groups is 3. The molecule has 0 radical (unpaired) electrons. The molecule has 42 heavy (non-hydrogen) atoms. The summed E-state index contributed by atoms with van der Waals surface area (Å²) in [6.45, 7) is 1.65. The fraction of sp³-hybridized carbons (Fsp3) is 0.200. The number of anilines is 2. The fourth-order valence-corrected chi connectivity index (χ4v) is 8.36. The molecule has 4 aromatic rings. The number of thioether (sulfide) groups is 1. The number of aromatic nitrogens is 1. The van der Waals surface area contributed by atoms with E-state index in [0.29, 0.717) is 32.1 Å². The lowest BCUT2D eigenvalue weighted by Crippen LogP contribution is -2.33. The number of amides is 3. The summed E-state index contributed by atoms with van der Waals surface area (Å²) in [6.07, 6.45) is 0. The van der Waals surface area contributed by atoms with Gasteiger partial charge in [0, 0.05) is 16.5 Å². The van der Waals surface area contributed by atoms with Gasteiger partial charge in [-0.2, -0.15) is 0 Å². The fourth-order valence-electron chi connectivity index (χ4n) is 5.29. The van der Waals surface area contributed by atoms with E-state index in [2.05, 4.69) is 5.32 Å². The maximum atomic E-state index is 14.0. The normalized spacial score (nSPS) is 19.4. The molecule has 3 aromatic carbocycles. The van der Waals surface area contributed by atoms with Gasteiger partial charge in [0.05, 0.1) is 33.8 Å². The highest BCUT2D eigenvalue weighted by Crippen LogP contribution is 2.54. The van der Waals surface area contributed by atoms with Crippen LogP contribution in [0.4, 0.5) is 11.4 Å². The van der Waals surface area contributed by atoms with Gasteiger partial charge in [-0.25, -0.2) is 4.90 Å². The number of aryl methyl sites for hydroxylation is 1. The van der Waals surface area contributed by atoms with Crippen molar-refractivity contribution in [1.82, 2.24) is 4.57 Å². The number of nitrogens with zero attached hydrogens (tertiary/aromatic N) is 2. The van der Waals surface area contributed by atoms with Gasteiger partial charge in [-0.3, -0.25) is 23.7 Å². The van der Waals surface area contributed by atoms with E-state index < -0.39 is 23.0 Å². The number of imide groups is 1. The number of carbonyl (C=O) groups excluding carboxylic acids is 3. The molecule has 3 unspecified atom stereocenters. The number of halogens is 2. The number of methoxy groups -OCH3 is 1. The van der Waals surface area contributed by atoms with E-state index in [-0.39, 0.29) is 28.3 Å². The summed E-state index contributed by atoms with van der Waals surface area (Å²) in [5, 5.41) is 3.10. The Morgan fingerprint density at radius 3 is 2.33 bits per heavy atom. The van der Waals surface area contributed by atoms with Gasteiger partial charge in [-0.1, -0.05) is 76.1 Å². The number of nitrogens with one attached hydrogen (secondary N) is 1. The third kappa shape index (κ3) is 5.02. The number of rotatable bonds is 6. The van der Waals surface area contributed by atoms with E-state index in [0.717, 1.165) is 22.5 Å². The first-order valence-corrected chi connectivity index (χ1v) is 15.3. The zero-order valence-corrected chi connectivity index (χ0v) is 25.4. The predicted octanol–water partition coefficient (Wildman–Crippen LogP) is 5.97. The number of hydrogen-bond donors (Lipinski definition) is 1. The number of benzene rings is 3. The Morgan fingerprint density at radius 1 is 0.952 bits per heavy atom. The number of ether oxygens (including phenoxy) is 1. The minimum atomic E-state index is -0.781. The summed E-state index contributed by atoms with van der Waals surface area (Å²) in [5.74, 6) is -1.79. The predicted molar refractivity (Wildman–Crippen MR) is 165 cm³/mol. The van der Waals surface area contributed by atoms with Crippen LogP contribution < -0.4 is 19.8 Å². The van der Waals surface area contributed by atoms with Crippen LogP contribution >= 0.6 is 46.3 Å². The Hall–Kier alpha value is -3.57. The van der Waals surface area contributed by atoms with Crippen molar-refractivity contribution in [1.29, 1.82) is 0 Å². The molecule has 12 heteroatoms. The molecule has 1 aromatic heterocycles. The average Bonchev–Trinajstić information content (AvgIpc) is 3.41. The average molecular weight is 641 g/mol. The highest BCUT2D eigenvalue weighted by Gasteiger charge is 2.56. The molecule has 1 fully saturated rings. The highest BCUT2D eigenvalue weighted by molar-refractivity contribution is 8.00. The molecule has 3 heterocycles. The topological polar surface area (TPSA) is 97.7 Å². The number of hydrogen-bond acceptors (Lipinski definition) is 7.